The lowest BCUT2D eigenvalue weighted by Crippen LogP contribution is -2.12. The van der Waals surface area contributed by atoms with E-state index in [0.717, 1.165) is 40.1 Å². The molecule has 0 saturated carbocycles. The fourth-order valence-corrected chi connectivity index (χ4v) is 3.96. The number of hydrogen-bond acceptors (Lipinski definition) is 4. The van der Waals surface area contributed by atoms with Crippen LogP contribution in [0.25, 0.3) is 11.1 Å². The van der Waals surface area contributed by atoms with Gasteiger partial charge < -0.3 is 13.7 Å². The van der Waals surface area contributed by atoms with Crippen LogP contribution >= 0.6 is 0 Å². The van der Waals surface area contributed by atoms with Gasteiger partial charge in [0, 0.05) is 18.8 Å². The molecule has 2 aromatic heterocycles. The van der Waals surface area contributed by atoms with Crippen LogP contribution in [0.3, 0.4) is 0 Å². The number of hydrogen-bond donors (Lipinski definition) is 0. The molecule has 3 aromatic carbocycles. The molecule has 0 spiro atoms. The molecule has 0 aliphatic heterocycles. The van der Waals surface area contributed by atoms with Gasteiger partial charge in [-0.25, -0.2) is 0 Å². The summed E-state index contributed by atoms with van der Waals surface area (Å²) in [5, 5.41) is 7.89. The molecule has 36 heavy (non-hydrogen) atoms. The third-order valence-electron chi connectivity index (χ3n) is 5.91. The van der Waals surface area contributed by atoms with E-state index in [1.54, 1.807) is 0 Å². The molecule has 5 aromatic rings. The molecule has 2 heterocycles. The van der Waals surface area contributed by atoms with E-state index in [1.807, 2.05) is 77.6 Å². The van der Waals surface area contributed by atoms with Crippen molar-refractivity contribution in [3.05, 3.63) is 126 Å². The van der Waals surface area contributed by atoms with E-state index in [0.29, 0.717) is 18.9 Å². The lowest BCUT2D eigenvalue weighted by molar-refractivity contribution is -0.137. The Morgan fingerprint density at radius 3 is 2.00 bits per heavy atom. The van der Waals surface area contributed by atoms with Crippen molar-refractivity contribution in [1.82, 2.24) is 14.8 Å². The number of alkyl halides is 3. The average molecular weight is 489 g/mol. The van der Waals surface area contributed by atoms with Gasteiger partial charge in [-0.15, -0.1) is 10.2 Å². The standard InChI is InChI=1S/C28H22F3N3O2/c29-28(30,31)24-11-9-23(10-12-24)22-7-3-21(4-8-22)18-35-25-13-5-20(6-14-25)17-26(27-33-32-19-36-27)34-15-1-2-16-34/h1-16,19,26H,17-18H2/t26-/m0/s1. The van der Waals surface area contributed by atoms with Crippen LogP contribution in [-0.2, 0) is 19.2 Å². The van der Waals surface area contributed by atoms with Crippen molar-refractivity contribution in [3.8, 4) is 16.9 Å². The third kappa shape index (κ3) is 5.49. The molecule has 8 heteroatoms. The minimum Gasteiger partial charge on any atom is -0.489 e. The number of halogens is 3. The lowest BCUT2D eigenvalue weighted by Gasteiger charge is -2.15. The van der Waals surface area contributed by atoms with Crippen molar-refractivity contribution in [2.24, 2.45) is 0 Å². The molecule has 0 saturated heterocycles. The summed E-state index contributed by atoms with van der Waals surface area (Å²) < 4.78 is 51.7. The second kappa shape index (κ2) is 10.1. The van der Waals surface area contributed by atoms with Crippen LogP contribution in [-0.4, -0.2) is 14.8 Å². The van der Waals surface area contributed by atoms with Gasteiger partial charge in [-0.1, -0.05) is 48.5 Å². The maximum absolute atomic E-state index is 12.8. The first-order valence-corrected chi connectivity index (χ1v) is 11.3. The molecule has 0 fully saturated rings. The SMILES string of the molecule is FC(F)(F)c1ccc(-c2ccc(COc3ccc(C[C@@H](c4nnco4)n4cccc4)cc3)cc2)cc1. The molecule has 5 nitrogen and oxygen atoms in total. The predicted molar refractivity (Wildman–Crippen MR) is 128 cm³/mol. The monoisotopic (exact) mass is 489 g/mol. The lowest BCUT2D eigenvalue weighted by atomic mass is 10.0. The molecular weight excluding hydrogens is 467 g/mol. The summed E-state index contributed by atoms with van der Waals surface area (Å²) in [5.41, 5.74) is 2.97. The molecule has 182 valence electrons. The highest BCUT2D eigenvalue weighted by Gasteiger charge is 2.30. The molecule has 0 N–H and O–H groups in total. The topological polar surface area (TPSA) is 53.1 Å². The van der Waals surface area contributed by atoms with Gasteiger partial charge in [-0.2, -0.15) is 13.2 Å². The normalized spacial score (nSPS) is 12.4. The quantitative estimate of drug-likeness (QED) is 0.236. The Kier molecular flexibility index (Phi) is 6.58. The maximum atomic E-state index is 12.8. The van der Waals surface area contributed by atoms with Crippen molar-refractivity contribution in [1.29, 1.82) is 0 Å². The highest BCUT2D eigenvalue weighted by Crippen LogP contribution is 2.31. The van der Waals surface area contributed by atoms with Gasteiger partial charge in [-0.3, -0.25) is 0 Å². The molecule has 0 amide bonds. The fraction of sp³-hybridized carbons (Fsp3) is 0.143. The molecule has 0 aliphatic rings. The number of benzene rings is 3. The first kappa shape index (κ1) is 23.4. The predicted octanol–water partition coefficient (Wildman–Crippen LogP) is 6.97. The Morgan fingerprint density at radius 1 is 0.806 bits per heavy atom. The largest absolute Gasteiger partial charge is 0.489 e. The van der Waals surface area contributed by atoms with Crippen molar-refractivity contribution < 1.29 is 22.3 Å². The summed E-state index contributed by atoms with van der Waals surface area (Å²) in [6, 6.07) is 24.4. The molecule has 0 aliphatic carbocycles. The summed E-state index contributed by atoms with van der Waals surface area (Å²) in [7, 11) is 0. The van der Waals surface area contributed by atoms with Crippen LogP contribution in [0.15, 0.2) is 108 Å². The van der Waals surface area contributed by atoms with E-state index in [2.05, 4.69) is 10.2 Å². The molecule has 0 unspecified atom stereocenters. The van der Waals surface area contributed by atoms with Crippen LogP contribution in [0.2, 0.25) is 0 Å². The fourth-order valence-electron chi connectivity index (χ4n) is 3.96. The first-order chi connectivity index (χ1) is 17.5. The minimum absolute atomic E-state index is 0.0996. The summed E-state index contributed by atoms with van der Waals surface area (Å²) >= 11 is 0. The smallest absolute Gasteiger partial charge is 0.416 e. The van der Waals surface area contributed by atoms with E-state index < -0.39 is 11.7 Å². The van der Waals surface area contributed by atoms with Gasteiger partial charge >= 0.3 is 6.18 Å². The Bertz CT molecular complexity index is 1330. The van der Waals surface area contributed by atoms with Crippen molar-refractivity contribution in [2.45, 2.75) is 25.2 Å². The van der Waals surface area contributed by atoms with Gasteiger partial charge in [0.05, 0.1) is 5.56 Å². The molecule has 0 radical (unpaired) electrons. The maximum Gasteiger partial charge on any atom is 0.416 e. The Morgan fingerprint density at radius 2 is 1.42 bits per heavy atom. The van der Waals surface area contributed by atoms with Crippen LogP contribution in [0.1, 0.15) is 28.6 Å². The van der Waals surface area contributed by atoms with E-state index in [9.17, 15) is 13.2 Å². The number of rotatable bonds is 8. The van der Waals surface area contributed by atoms with Crippen LogP contribution in [0, 0.1) is 0 Å². The zero-order chi connectivity index (χ0) is 25.0. The summed E-state index contributed by atoms with van der Waals surface area (Å²) in [5.74, 6) is 1.28. The number of aromatic nitrogens is 3. The van der Waals surface area contributed by atoms with Gasteiger partial charge in [0.25, 0.3) is 0 Å². The molecule has 5 rings (SSSR count). The van der Waals surface area contributed by atoms with E-state index in [4.69, 9.17) is 9.15 Å². The van der Waals surface area contributed by atoms with E-state index in [-0.39, 0.29) is 6.04 Å². The van der Waals surface area contributed by atoms with Crippen molar-refractivity contribution in [2.75, 3.05) is 0 Å². The van der Waals surface area contributed by atoms with Gasteiger partial charge in [0.1, 0.15) is 18.4 Å². The average Bonchev–Trinajstić information content (AvgIpc) is 3.62. The number of nitrogens with zero attached hydrogens (tertiary/aromatic N) is 3. The highest BCUT2D eigenvalue weighted by molar-refractivity contribution is 5.64. The van der Waals surface area contributed by atoms with Gasteiger partial charge in [0.15, 0.2) is 0 Å². The number of ether oxygens (including phenoxy) is 1. The Hall–Kier alpha value is -4.33. The summed E-state index contributed by atoms with van der Waals surface area (Å²) in [6.07, 6.45) is 1.61. The molecule has 0 bridgehead atoms. The second-order valence-corrected chi connectivity index (χ2v) is 8.33. The van der Waals surface area contributed by atoms with E-state index in [1.165, 1.54) is 18.5 Å². The minimum atomic E-state index is -4.34. The zero-order valence-corrected chi connectivity index (χ0v) is 19.1. The second-order valence-electron chi connectivity index (χ2n) is 8.33. The van der Waals surface area contributed by atoms with Crippen molar-refractivity contribution in [3.63, 3.8) is 0 Å². The van der Waals surface area contributed by atoms with Crippen LogP contribution in [0.5, 0.6) is 5.75 Å². The van der Waals surface area contributed by atoms with Crippen molar-refractivity contribution >= 4 is 0 Å². The van der Waals surface area contributed by atoms with Crippen LogP contribution < -0.4 is 4.74 Å². The van der Waals surface area contributed by atoms with Gasteiger partial charge in [-0.05, 0) is 58.7 Å². The Labute approximate surface area is 205 Å². The summed E-state index contributed by atoms with van der Waals surface area (Å²) in [4.78, 5) is 0. The third-order valence-corrected chi connectivity index (χ3v) is 5.91. The molecule has 1 atom stereocenters. The summed E-state index contributed by atoms with van der Waals surface area (Å²) in [6.45, 7) is 0.376. The van der Waals surface area contributed by atoms with E-state index >= 15 is 0 Å². The highest BCUT2D eigenvalue weighted by atomic mass is 19.4. The Balaban J connectivity index is 1.19. The first-order valence-electron chi connectivity index (χ1n) is 11.3. The van der Waals surface area contributed by atoms with Gasteiger partial charge in [0.2, 0.25) is 12.3 Å². The van der Waals surface area contributed by atoms with Crippen LogP contribution in [0.4, 0.5) is 13.2 Å². The zero-order valence-electron chi connectivity index (χ0n) is 19.1. The molecular formula is C28H22F3N3O2.